The number of nitrogens with one attached hydrogen (secondary N) is 1. The molecule has 0 spiro atoms. The Labute approximate surface area is 127 Å². The van der Waals surface area contributed by atoms with Crippen molar-refractivity contribution < 1.29 is 14.0 Å². The van der Waals surface area contributed by atoms with Crippen molar-refractivity contribution in [3.05, 3.63) is 29.0 Å². The van der Waals surface area contributed by atoms with Crippen molar-refractivity contribution in [3.63, 3.8) is 0 Å². The van der Waals surface area contributed by atoms with Crippen LogP contribution in [0.15, 0.2) is 18.2 Å². The van der Waals surface area contributed by atoms with E-state index in [-0.39, 0.29) is 29.3 Å². The van der Waals surface area contributed by atoms with E-state index in [9.17, 15) is 14.0 Å². The molecule has 112 valence electrons. The first-order valence-corrected chi connectivity index (χ1v) is 7.51. The summed E-state index contributed by atoms with van der Waals surface area (Å²) in [5.74, 6) is -0.825. The summed E-state index contributed by atoms with van der Waals surface area (Å²) in [6, 6.07) is 3.64. The second kappa shape index (κ2) is 5.64. The van der Waals surface area contributed by atoms with Crippen LogP contribution in [0.4, 0.5) is 10.1 Å². The summed E-state index contributed by atoms with van der Waals surface area (Å²) in [6.07, 6.45) is 4.06. The van der Waals surface area contributed by atoms with Gasteiger partial charge in [-0.2, -0.15) is 0 Å². The molecule has 1 unspecified atom stereocenters. The first kappa shape index (κ1) is 14.3. The SMILES string of the molecule is O=C1CC(Nc2ccc(F)c(Cl)c2)C(=O)N1C1CCCC1. The highest BCUT2D eigenvalue weighted by Gasteiger charge is 2.42. The molecule has 3 rings (SSSR count). The van der Waals surface area contributed by atoms with Gasteiger partial charge in [0.25, 0.3) is 5.91 Å². The molecule has 1 saturated carbocycles. The Morgan fingerprint density at radius 1 is 1.24 bits per heavy atom. The van der Waals surface area contributed by atoms with Crippen LogP contribution in [-0.2, 0) is 9.59 Å². The molecule has 1 aliphatic carbocycles. The quantitative estimate of drug-likeness (QED) is 0.873. The van der Waals surface area contributed by atoms with Gasteiger partial charge in [0.1, 0.15) is 11.9 Å². The van der Waals surface area contributed by atoms with Crippen LogP contribution in [0.2, 0.25) is 5.02 Å². The molecule has 1 aromatic carbocycles. The molecule has 1 saturated heterocycles. The van der Waals surface area contributed by atoms with Gasteiger partial charge in [-0.15, -0.1) is 0 Å². The Morgan fingerprint density at radius 3 is 2.62 bits per heavy atom. The van der Waals surface area contributed by atoms with E-state index in [1.54, 1.807) is 0 Å². The lowest BCUT2D eigenvalue weighted by Gasteiger charge is -2.22. The van der Waals surface area contributed by atoms with E-state index in [1.165, 1.54) is 23.1 Å². The number of carbonyl (C=O) groups is 2. The largest absolute Gasteiger partial charge is 0.373 e. The van der Waals surface area contributed by atoms with Gasteiger partial charge >= 0.3 is 0 Å². The molecule has 4 nitrogen and oxygen atoms in total. The Balaban J connectivity index is 1.73. The average Bonchev–Trinajstić information content (AvgIpc) is 3.04. The lowest BCUT2D eigenvalue weighted by molar-refractivity contribution is -0.141. The Bertz CT molecular complexity index is 587. The van der Waals surface area contributed by atoms with E-state index in [0.717, 1.165) is 25.7 Å². The number of carbonyl (C=O) groups excluding carboxylic acids is 2. The van der Waals surface area contributed by atoms with Crippen molar-refractivity contribution in [3.8, 4) is 0 Å². The van der Waals surface area contributed by atoms with Gasteiger partial charge in [0.15, 0.2) is 0 Å². The van der Waals surface area contributed by atoms with Gasteiger partial charge in [0, 0.05) is 11.7 Å². The monoisotopic (exact) mass is 310 g/mol. The fourth-order valence-corrected chi connectivity index (χ4v) is 3.28. The van der Waals surface area contributed by atoms with Crippen LogP contribution >= 0.6 is 11.6 Å². The third-order valence-electron chi connectivity index (χ3n) is 4.13. The fraction of sp³-hybridized carbons (Fsp3) is 0.467. The standard InChI is InChI=1S/C15H16ClFN2O2/c16-11-7-9(5-6-12(11)17)18-13-8-14(20)19(15(13)21)10-3-1-2-4-10/h5-7,10,13,18H,1-4,8H2. The summed E-state index contributed by atoms with van der Waals surface area (Å²) < 4.78 is 13.1. The smallest absolute Gasteiger partial charge is 0.252 e. The summed E-state index contributed by atoms with van der Waals surface area (Å²) in [7, 11) is 0. The van der Waals surface area contributed by atoms with Crippen LogP contribution in [0.1, 0.15) is 32.1 Å². The minimum Gasteiger partial charge on any atom is -0.373 e. The maximum Gasteiger partial charge on any atom is 0.252 e. The predicted octanol–water partition coefficient (Wildman–Crippen LogP) is 2.96. The van der Waals surface area contributed by atoms with E-state index in [4.69, 9.17) is 11.6 Å². The number of anilines is 1. The minimum atomic E-state index is -0.584. The third kappa shape index (κ3) is 2.75. The fourth-order valence-electron chi connectivity index (χ4n) is 3.10. The first-order valence-electron chi connectivity index (χ1n) is 7.14. The van der Waals surface area contributed by atoms with Gasteiger partial charge in [-0.3, -0.25) is 14.5 Å². The molecular weight excluding hydrogens is 295 g/mol. The van der Waals surface area contributed by atoms with Crippen LogP contribution in [0.3, 0.4) is 0 Å². The zero-order valence-corrected chi connectivity index (χ0v) is 12.2. The highest BCUT2D eigenvalue weighted by Crippen LogP contribution is 2.29. The molecule has 2 amide bonds. The Hall–Kier alpha value is -1.62. The van der Waals surface area contributed by atoms with Crippen LogP contribution < -0.4 is 5.32 Å². The first-order chi connectivity index (χ1) is 10.1. The van der Waals surface area contributed by atoms with Crippen LogP contribution in [-0.4, -0.2) is 28.8 Å². The van der Waals surface area contributed by atoms with Gasteiger partial charge in [-0.25, -0.2) is 4.39 Å². The van der Waals surface area contributed by atoms with Gasteiger partial charge < -0.3 is 5.32 Å². The van der Waals surface area contributed by atoms with Gasteiger partial charge in [0.05, 0.1) is 11.4 Å². The molecule has 1 atom stereocenters. The van der Waals surface area contributed by atoms with E-state index >= 15 is 0 Å². The van der Waals surface area contributed by atoms with Gasteiger partial charge in [0.2, 0.25) is 5.91 Å². The van der Waals surface area contributed by atoms with Crippen molar-refractivity contribution in [2.45, 2.75) is 44.2 Å². The number of amides is 2. The summed E-state index contributed by atoms with van der Waals surface area (Å²) in [6.45, 7) is 0. The van der Waals surface area contributed by atoms with E-state index < -0.39 is 11.9 Å². The van der Waals surface area contributed by atoms with Crippen LogP contribution in [0.5, 0.6) is 0 Å². The number of rotatable bonds is 3. The predicted molar refractivity (Wildman–Crippen MR) is 77.5 cm³/mol. The molecule has 6 heteroatoms. The molecular formula is C15H16ClFN2O2. The van der Waals surface area contributed by atoms with E-state index in [2.05, 4.69) is 5.32 Å². The number of likely N-dealkylation sites (tertiary alicyclic amines) is 1. The molecule has 0 aromatic heterocycles. The molecule has 0 bridgehead atoms. The summed E-state index contributed by atoms with van der Waals surface area (Å²) in [4.78, 5) is 25.9. The number of hydrogen-bond donors (Lipinski definition) is 1. The number of imide groups is 1. The highest BCUT2D eigenvalue weighted by molar-refractivity contribution is 6.31. The highest BCUT2D eigenvalue weighted by atomic mass is 35.5. The normalized spacial score (nSPS) is 23.1. The van der Waals surface area contributed by atoms with Crippen molar-refractivity contribution in [2.75, 3.05) is 5.32 Å². The molecule has 0 radical (unpaired) electrons. The van der Waals surface area contributed by atoms with Crippen molar-refractivity contribution in [2.24, 2.45) is 0 Å². The molecule has 1 heterocycles. The second-order valence-electron chi connectivity index (χ2n) is 5.57. The lowest BCUT2D eigenvalue weighted by atomic mass is 10.2. The minimum absolute atomic E-state index is 0.00979. The van der Waals surface area contributed by atoms with Crippen molar-refractivity contribution >= 4 is 29.1 Å². The molecule has 1 aliphatic heterocycles. The maximum absolute atomic E-state index is 13.1. The number of halogens is 2. The van der Waals surface area contributed by atoms with Crippen LogP contribution in [0.25, 0.3) is 0 Å². The molecule has 1 N–H and O–H groups in total. The Kier molecular flexibility index (Phi) is 3.85. The van der Waals surface area contributed by atoms with Gasteiger partial charge in [-0.1, -0.05) is 24.4 Å². The van der Waals surface area contributed by atoms with E-state index in [0.29, 0.717) is 5.69 Å². The van der Waals surface area contributed by atoms with Crippen LogP contribution in [0, 0.1) is 5.82 Å². The van der Waals surface area contributed by atoms with Crippen molar-refractivity contribution in [1.82, 2.24) is 4.90 Å². The third-order valence-corrected chi connectivity index (χ3v) is 4.42. The molecule has 2 fully saturated rings. The summed E-state index contributed by atoms with van der Waals surface area (Å²) in [5.41, 5.74) is 0.542. The lowest BCUT2D eigenvalue weighted by Crippen LogP contribution is -2.40. The maximum atomic E-state index is 13.1. The summed E-state index contributed by atoms with van der Waals surface area (Å²) in [5, 5.41) is 2.97. The van der Waals surface area contributed by atoms with Gasteiger partial charge in [-0.05, 0) is 31.0 Å². The molecule has 1 aromatic rings. The zero-order valence-electron chi connectivity index (χ0n) is 11.4. The zero-order chi connectivity index (χ0) is 15.0. The van der Waals surface area contributed by atoms with Crippen molar-refractivity contribution in [1.29, 1.82) is 0 Å². The molecule has 21 heavy (non-hydrogen) atoms. The second-order valence-corrected chi connectivity index (χ2v) is 5.98. The molecule has 2 aliphatic rings. The number of benzene rings is 1. The Morgan fingerprint density at radius 2 is 1.95 bits per heavy atom. The average molecular weight is 311 g/mol. The number of hydrogen-bond acceptors (Lipinski definition) is 3. The summed E-state index contributed by atoms with van der Waals surface area (Å²) >= 11 is 5.72. The topological polar surface area (TPSA) is 49.4 Å². The van der Waals surface area contributed by atoms with E-state index in [1.807, 2.05) is 0 Å². The number of nitrogens with zero attached hydrogens (tertiary/aromatic N) is 1.